The Bertz CT molecular complexity index is 880. The third kappa shape index (κ3) is 4.42. The summed E-state index contributed by atoms with van der Waals surface area (Å²) in [7, 11) is 0. The van der Waals surface area contributed by atoms with E-state index in [0.717, 1.165) is 0 Å². The van der Waals surface area contributed by atoms with E-state index in [0.29, 0.717) is 11.3 Å². The molecule has 6 N–H and O–H groups in total. The topological polar surface area (TPSA) is 139 Å². The number of hydrogen-bond acceptors (Lipinski definition) is 4. The molecule has 0 saturated heterocycles. The SMILES string of the molecule is N=C(CC(=O)Nc1ccc(Cl)c(C(N)=O)c1)c1ccccc1C(N)=O. The molecule has 0 unspecified atom stereocenters. The van der Waals surface area contributed by atoms with E-state index in [2.05, 4.69) is 5.32 Å². The fourth-order valence-corrected chi connectivity index (χ4v) is 2.42. The first kappa shape index (κ1) is 18.2. The normalized spacial score (nSPS) is 10.1. The maximum atomic E-state index is 12.1. The fraction of sp³-hybridized carbons (Fsp3) is 0.0588. The fourth-order valence-electron chi connectivity index (χ4n) is 2.21. The van der Waals surface area contributed by atoms with Crippen LogP contribution in [0.2, 0.25) is 5.02 Å². The molecule has 0 aliphatic carbocycles. The van der Waals surface area contributed by atoms with Crippen LogP contribution >= 0.6 is 11.6 Å². The third-order valence-corrected chi connectivity index (χ3v) is 3.70. The monoisotopic (exact) mass is 358 g/mol. The maximum absolute atomic E-state index is 12.1. The molecular weight excluding hydrogens is 344 g/mol. The Morgan fingerprint density at radius 1 is 0.960 bits per heavy atom. The molecule has 0 fully saturated rings. The van der Waals surface area contributed by atoms with Gasteiger partial charge in [-0.2, -0.15) is 0 Å². The van der Waals surface area contributed by atoms with Gasteiger partial charge in [0.1, 0.15) is 0 Å². The van der Waals surface area contributed by atoms with Crippen LogP contribution in [-0.2, 0) is 4.79 Å². The minimum absolute atomic E-state index is 0.0593. The molecule has 0 aliphatic rings. The molecule has 2 aromatic carbocycles. The lowest BCUT2D eigenvalue weighted by atomic mass is 10.0. The smallest absolute Gasteiger partial charge is 0.250 e. The predicted octanol–water partition coefficient (Wildman–Crippen LogP) is 1.93. The quantitative estimate of drug-likeness (QED) is 0.586. The average Bonchev–Trinajstić information content (AvgIpc) is 2.56. The third-order valence-electron chi connectivity index (χ3n) is 3.37. The Labute approximate surface area is 148 Å². The van der Waals surface area contributed by atoms with Crippen molar-refractivity contribution in [3.63, 3.8) is 0 Å². The van der Waals surface area contributed by atoms with E-state index in [-0.39, 0.29) is 28.3 Å². The molecule has 8 heteroatoms. The van der Waals surface area contributed by atoms with Crippen LogP contribution in [0.3, 0.4) is 0 Å². The lowest BCUT2D eigenvalue weighted by molar-refractivity contribution is -0.115. The largest absolute Gasteiger partial charge is 0.366 e. The summed E-state index contributed by atoms with van der Waals surface area (Å²) < 4.78 is 0. The Morgan fingerprint density at radius 3 is 2.16 bits per heavy atom. The molecule has 0 radical (unpaired) electrons. The summed E-state index contributed by atoms with van der Waals surface area (Å²) in [6.07, 6.45) is -0.279. The van der Waals surface area contributed by atoms with Gasteiger partial charge in [-0.3, -0.25) is 14.4 Å². The van der Waals surface area contributed by atoms with E-state index >= 15 is 0 Å². The van der Waals surface area contributed by atoms with Crippen LogP contribution in [0.5, 0.6) is 0 Å². The highest BCUT2D eigenvalue weighted by Crippen LogP contribution is 2.20. The highest BCUT2D eigenvalue weighted by molar-refractivity contribution is 6.34. The van der Waals surface area contributed by atoms with Crippen molar-refractivity contribution in [2.45, 2.75) is 6.42 Å². The van der Waals surface area contributed by atoms with Crippen molar-refractivity contribution in [2.75, 3.05) is 5.32 Å². The number of rotatable bonds is 6. The average molecular weight is 359 g/mol. The lowest BCUT2D eigenvalue weighted by Gasteiger charge is -2.10. The molecule has 25 heavy (non-hydrogen) atoms. The van der Waals surface area contributed by atoms with Crippen LogP contribution in [0, 0.1) is 5.41 Å². The van der Waals surface area contributed by atoms with Gasteiger partial charge in [0.15, 0.2) is 0 Å². The summed E-state index contributed by atoms with van der Waals surface area (Å²) in [6, 6.07) is 10.6. The molecule has 0 atom stereocenters. The van der Waals surface area contributed by atoms with E-state index in [1.807, 2.05) is 0 Å². The molecule has 0 aromatic heterocycles. The number of carbonyl (C=O) groups excluding carboxylic acids is 3. The first-order valence-corrected chi connectivity index (χ1v) is 7.53. The number of halogens is 1. The van der Waals surface area contributed by atoms with Crippen molar-refractivity contribution in [1.82, 2.24) is 0 Å². The summed E-state index contributed by atoms with van der Waals surface area (Å²) >= 11 is 5.85. The van der Waals surface area contributed by atoms with Crippen molar-refractivity contribution in [2.24, 2.45) is 11.5 Å². The van der Waals surface area contributed by atoms with E-state index in [4.69, 9.17) is 28.5 Å². The Kier molecular flexibility index (Phi) is 5.51. The molecule has 3 amide bonds. The number of nitrogens with two attached hydrogens (primary N) is 2. The van der Waals surface area contributed by atoms with Gasteiger partial charge < -0.3 is 22.2 Å². The van der Waals surface area contributed by atoms with Crippen molar-refractivity contribution >= 4 is 40.7 Å². The summed E-state index contributed by atoms with van der Waals surface area (Å²) in [5.41, 5.74) is 11.3. The van der Waals surface area contributed by atoms with Gasteiger partial charge in [0.05, 0.1) is 17.0 Å². The molecule has 0 spiro atoms. The molecule has 2 aromatic rings. The summed E-state index contributed by atoms with van der Waals surface area (Å²) in [6.45, 7) is 0. The van der Waals surface area contributed by atoms with E-state index < -0.39 is 17.7 Å². The molecule has 0 saturated carbocycles. The zero-order chi connectivity index (χ0) is 18.6. The second kappa shape index (κ2) is 7.59. The second-order valence-electron chi connectivity index (χ2n) is 5.17. The van der Waals surface area contributed by atoms with E-state index in [9.17, 15) is 14.4 Å². The Morgan fingerprint density at radius 2 is 1.56 bits per heavy atom. The Hall–Kier alpha value is -3.19. The highest BCUT2D eigenvalue weighted by Gasteiger charge is 2.15. The van der Waals surface area contributed by atoms with Crippen molar-refractivity contribution in [1.29, 1.82) is 5.41 Å². The number of hydrogen-bond donors (Lipinski definition) is 4. The van der Waals surface area contributed by atoms with Gasteiger partial charge in [-0.1, -0.05) is 29.8 Å². The van der Waals surface area contributed by atoms with Crippen LogP contribution in [0.15, 0.2) is 42.5 Å². The van der Waals surface area contributed by atoms with Gasteiger partial charge in [0, 0.05) is 22.5 Å². The summed E-state index contributed by atoms with van der Waals surface area (Å²) in [5.74, 6) is -1.89. The lowest BCUT2D eigenvalue weighted by Crippen LogP contribution is -2.21. The molecule has 2 rings (SSSR count). The zero-order valence-corrected chi connectivity index (χ0v) is 13.8. The van der Waals surface area contributed by atoms with E-state index in [1.165, 1.54) is 24.3 Å². The van der Waals surface area contributed by atoms with Gasteiger partial charge in [0.2, 0.25) is 17.7 Å². The predicted molar refractivity (Wildman–Crippen MR) is 95.0 cm³/mol. The molecule has 7 nitrogen and oxygen atoms in total. The molecular formula is C17H15ClN4O3. The number of amides is 3. The highest BCUT2D eigenvalue weighted by atomic mass is 35.5. The van der Waals surface area contributed by atoms with Gasteiger partial charge >= 0.3 is 0 Å². The minimum Gasteiger partial charge on any atom is -0.366 e. The number of primary amides is 2. The Balaban J connectivity index is 2.13. The molecule has 128 valence electrons. The van der Waals surface area contributed by atoms with Crippen molar-refractivity contribution in [3.8, 4) is 0 Å². The van der Waals surface area contributed by atoms with Gasteiger partial charge in [-0.05, 0) is 24.3 Å². The van der Waals surface area contributed by atoms with E-state index in [1.54, 1.807) is 18.2 Å². The molecule has 0 bridgehead atoms. The van der Waals surface area contributed by atoms with Crippen LogP contribution < -0.4 is 16.8 Å². The van der Waals surface area contributed by atoms with Gasteiger partial charge in [-0.25, -0.2) is 0 Å². The van der Waals surface area contributed by atoms with Crippen LogP contribution in [0.25, 0.3) is 0 Å². The first-order chi connectivity index (χ1) is 11.8. The van der Waals surface area contributed by atoms with Crippen molar-refractivity contribution in [3.05, 3.63) is 64.2 Å². The molecule has 0 aliphatic heterocycles. The minimum atomic E-state index is -0.718. The number of carbonyl (C=O) groups is 3. The van der Waals surface area contributed by atoms with Crippen LogP contribution in [-0.4, -0.2) is 23.4 Å². The number of anilines is 1. The summed E-state index contributed by atoms with van der Waals surface area (Å²) in [5, 5.41) is 10.8. The maximum Gasteiger partial charge on any atom is 0.250 e. The van der Waals surface area contributed by atoms with Gasteiger partial charge in [-0.15, -0.1) is 0 Å². The molecule has 0 heterocycles. The first-order valence-electron chi connectivity index (χ1n) is 7.15. The van der Waals surface area contributed by atoms with Crippen LogP contribution in [0.4, 0.5) is 5.69 Å². The second-order valence-corrected chi connectivity index (χ2v) is 5.58. The number of benzene rings is 2. The van der Waals surface area contributed by atoms with Crippen LogP contribution in [0.1, 0.15) is 32.7 Å². The zero-order valence-electron chi connectivity index (χ0n) is 13.0. The van der Waals surface area contributed by atoms with Crippen molar-refractivity contribution < 1.29 is 14.4 Å². The van der Waals surface area contributed by atoms with Gasteiger partial charge in [0.25, 0.3) is 0 Å². The standard InChI is InChI=1S/C17H15ClN4O3/c18-13-6-5-9(7-12(13)17(21)25)22-15(23)8-14(19)10-3-1-2-4-11(10)16(20)24/h1-7,19H,8H2,(H2,20,24)(H2,21,25)(H,22,23). The summed E-state index contributed by atoms with van der Waals surface area (Å²) in [4.78, 5) is 34.8. The number of nitrogens with one attached hydrogen (secondary N) is 2.